The Hall–Kier alpha value is -1.75. The van der Waals surface area contributed by atoms with Crippen molar-refractivity contribution in [1.82, 2.24) is 5.32 Å². The molecule has 1 aliphatic rings. The maximum Gasteiger partial charge on any atom is 0.404 e. The first-order valence-electron chi connectivity index (χ1n) is 6.21. The number of amides is 1. The third-order valence-corrected chi connectivity index (χ3v) is 3.94. The van der Waals surface area contributed by atoms with E-state index in [1.165, 1.54) is 0 Å². The van der Waals surface area contributed by atoms with Gasteiger partial charge in [0.1, 0.15) is 5.75 Å². The van der Waals surface area contributed by atoms with E-state index < -0.39 is 11.5 Å². The molecule has 2 atom stereocenters. The molecule has 1 aliphatic carbocycles. The van der Waals surface area contributed by atoms with Crippen molar-refractivity contribution in [2.45, 2.75) is 37.8 Å². The van der Waals surface area contributed by atoms with Crippen LogP contribution in [0.1, 0.15) is 25.0 Å². The summed E-state index contributed by atoms with van der Waals surface area (Å²) in [6.45, 7) is 3.91. The standard InChI is InChI=1S/C14H19NO4/c1-14(2)10-7-9(16)5-4-8(10)6-11(19-3)12(14)15-13(17)18/h4-5,7,11-12,15-16H,6H2,1-3H3,(H,17,18)/t11-,12+/m1/s1. The predicted molar refractivity (Wildman–Crippen MR) is 70.6 cm³/mol. The maximum atomic E-state index is 11.0. The van der Waals surface area contributed by atoms with Crippen LogP contribution in [0.3, 0.4) is 0 Å². The lowest BCUT2D eigenvalue weighted by molar-refractivity contribution is 0.0360. The van der Waals surface area contributed by atoms with Crippen molar-refractivity contribution in [2.75, 3.05) is 7.11 Å². The van der Waals surface area contributed by atoms with Crippen LogP contribution >= 0.6 is 0 Å². The summed E-state index contributed by atoms with van der Waals surface area (Å²) in [6, 6.07) is 4.86. The SMILES string of the molecule is CO[C@@H]1Cc2ccc(O)cc2C(C)(C)[C@H]1NC(=O)O. The third kappa shape index (κ3) is 2.38. The predicted octanol–water partition coefficient (Wildman–Crippen LogP) is 1.88. The zero-order valence-corrected chi connectivity index (χ0v) is 11.3. The first kappa shape index (κ1) is 13.7. The molecular weight excluding hydrogens is 246 g/mol. The van der Waals surface area contributed by atoms with Gasteiger partial charge in [0.2, 0.25) is 0 Å². The first-order chi connectivity index (χ1) is 8.86. The molecule has 1 aromatic carbocycles. The average Bonchev–Trinajstić information content (AvgIpc) is 2.33. The Balaban J connectivity index is 2.48. The van der Waals surface area contributed by atoms with Crippen LogP contribution in [0.2, 0.25) is 0 Å². The largest absolute Gasteiger partial charge is 0.508 e. The van der Waals surface area contributed by atoms with Gasteiger partial charge in [0.25, 0.3) is 0 Å². The Kier molecular flexibility index (Phi) is 3.41. The van der Waals surface area contributed by atoms with E-state index in [2.05, 4.69) is 5.32 Å². The molecule has 0 aliphatic heterocycles. The number of hydrogen-bond acceptors (Lipinski definition) is 3. The second-order valence-electron chi connectivity index (χ2n) is 5.47. The van der Waals surface area contributed by atoms with Crippen LogP contribution in [0, 0.1) is 0 Å². The average molecular weight is 265 g/mol. The Morgan fingerprint density at radius 2 is 2.16 bits per heavy atom. The summed E-state index contributed by atoms with van der Waals surface area (Å²) >= 11 is 0. The summed E-state index contributed by atoms with van der Waals surface area (Å²) in [6.07, 6.45) is -0.660. The number of nitrogens with one attached hydrogen (secondary N) is 1. The summed E-state index contributed by atoms with van der Waals surface area (Å²) in [5.41, 5.74) is 1.59. The first-order valence-corrected chi connectivity index (χ1v) is 6.21. The van der Waals surface area contributed by atoms with Crippen molar-refractivity contribution in [3.05, 3.63) is 29.3 Å². The Morgan fingerprint density at radius 1 is 1.47 bits per heavy atom. The number of methoxy groups -OCH3 is 1. The fourth-order valence-electron chi connectivity index (χ4n) is 2.93. The molecule has 5 heteroatoms. The normalized spacial score (nSPS) is 24.6. The maximum absolute atomic E-state index is 11.0. The van der Waals surface area contributed by atoms with E-state index in [9.17, 15) is 9.90 Å². The van der Waals surface area contributed by atoms with Gasteiger partial charge in [-0.15, -0.1) is 0 Å². The minimum Gasteiger partial charge on any atom is -0.508 e. The smallest absolute Gasteiger partial charge is 0.404 e. The van der Waals surface area contributed by atoms with Crippen LogP contribution in [0.25, 0.3) is 0 Å². The lowest BCUT2D eigenvalue weighted by Crippen LogP contribution is -2.57. The summed E-state index contributed by atoms with van der Waals surface area (Å²) in [7, 11) is 1.59. The lowest BCUT2D eigenvalue weighted by atomic mass is 9.68. The molecular formula is C14H19NO4. The third-order valence-electron chi connectivity index (χ3n) is 3.94. The van der Waals surface area contributed by atoms with Crippen molar-refractivity contribution >= 4 is 6.09 Å². The molecule has 0 radical (unpaired) electrons. The fraction of sp³-hybridized carbons (Fsp3) is 0.500. The van der Waals surface area contributed by atoms with E-state index in [0.717, 1.165) is 11.1 Å². The highest BCUT2D eigenvalue weighted by molar-refractivity contribution is 5.65. The molecule has 104 valence electrons. The zero-order valence-electron chi connectivity index (χ0n) is 11.3. The number of carbonyl (C=O) groups is 1. The Morgan fingerprint density at radius 3 is 2.74 bits per heavy atom. The molecule has 0 heterocycles. The van der Waals surface area contributed by atoms with Crippen LogP contribution in [-0.4, -0.2) is 35.6 Å². The topological polar surface area (TPSA) is 78.8 Å². The molecule has 0 unspecified atom stereocenters. The number of ether oxygens (including phenoxy) is 1. The van der Waals surface area contributed by atoms with E-state index in [1.54, 1.807) is 19.2 Å². The summed E-state index contributed by atoms with van der Waals surface area (Å²) < 4.78 is 5.44. The minimum absolute atomic E-state index is 0.191. The molecule has 1 aromatic rings. The molecule has 0 saturated carbocycles. The molecule has 0 aromatic heterocycles. The number of phenols is 1. The molecule has 1 amide bonds. The van der Waals surface area contributed by atoms with Crippen LogP contribution in [0.5, 0.6) is 5.75 Å². The van der Waals surface area contributed by atoms with Crippen molar-refractivity contribution in [3.8, 4) is 5.75 Å². The molecule has 0 fully saturated rings. The van der Waals surface area contributed by atoms with E-state index in [4.69, 9.17) is 9.84 Å². The van der Waals surface area contributed by atoms with Crippen molar-refractivity contribution in [2.24, 2.45) is 0 Å². The molecule has 0 spiro atoms. The molecule has 0 saturated heterocycles. The number of rotatable bonds is 2. The fourth-order valence-corrected chi connectivity index (χ4v) is 2.93. The molecule has 0 bridgehead atoms. The van der Waals surface area contributed by atoms with Crippen LogP contribution in [0.4, 0.5) is 4.79 Å². The van der Waals surface area contributed by atoms with Gasteiger partial charge in [-0.2, -0.15) is 0 Å². The van der Waals surface area contributed by atoms with Crippen molar-refractivity contribution < 1.29 is 19.7 Å². The van der Waals surface area contributed by atoms with Gasteiger partial charge in [0.15, 0.2) is 0 Å². The second-order valence-corrected chi connectivity index (χ2v) is 5.47. The summed E-state index contributed by atoms with van der Waals surface area (Å²) in [5, 5.41) is 21.2. The van der Waals surface area contributed by atoms with E-state index in [0.29, 0.717) is 6.42 Å². The van der Waals surface area contributed by atoms with E-state index in [1.807, 2.05) is 19.9 Å². The number of aromatic hydroxyl groups is 1. The highest BCUT2D eigenvalue weighted by Crippen LogP contribution is 2.39. The van der Waals surface area contributed by atoms with Gasteiger partial charge >= 0.3 is 6.09 Å². The Labute approximate surface area is 112 Å². The van der Waals surface area contributed by atoms with Crippen molar-refractivity contribution in [1.29, 1.82) is 0 Å². The summed E-state index contributed by atoms with van der Waals surface area (Å²) in [5.74, 6) is 0.191. The highest BCUT2D eigenvalue weighted by Gasteiger charge is 2.43. The number of fused-ring (bicyclic) bond motifs is 1. The molecule has 2 rings (SSSR count). The second kappa shape index (κ2) is 4.74. The van der Waals surface area contributed by atoms with Gasteiger partial charge in [-0.3, -0.25) is 0 Å². The number of hydrogen-bond donors (Lipinski definition) is 3. The van der Waals surface area contributed by atoms with Gasteiger partial charge < -0.3 is 20.3 Å². The zero-order chi connectivity index (χ0) is 14.2. The van der Waals surface area contributed by atoms with Crippen LogP contribution in [-0.2, 0) is 16.6 Å². The number of phenolic OH excluding ortho intramolecular Hbond substituents is 1. The minimum atomic E-state index is -1.07. The van der Waals surface area contributed by atoms with Crippen LogP contribution in [0.15, 0.2) is 18.2 Å². The monoisotopic (exact) mass is 265 g/mol. The molecule has 5 nitrogen and oxygen atoms in total. The molecule has 3 N–H and O–H groups in total. The number of carboxylic acid groups (broad SMARTS) is 1. The van der Waals surface area contributed by atoms with Gasteiger partial charge in [0.05, 0.1) is 12.1 Å². The summed E-state index contributed by atoms with van der Waals surface area (Å²) in [4.78, 5) is 11.0. The van der Waals surface area contributed by atoms with Gasteiger partial charge in [-0.05, 0) is 23.3 Å². The lowest BCUT2D eigenvalue weighted by Gasteiger charge is -2.44. The van der Waals surface area contributed by atoms with E-state index >= 15 is 0 Å². The molecule has 19 heavy (non-hydrogen) atoms. The Bertz CT molecular complexity index is 498. The van der Waals surface area contributed by atoms with Crippen molar-refractivity contribution in [3.63, 3.8) is 0 Å². The van der Waals surface area contributed by atoms with E-state index in [-0.39, 0.29) is 17.9 Å². The van der Waals surface area contributed by atoms with Crippen LogP contribution < -0.4 is 5.32 Å². The van der Waals surface area contributed by atoms with Gasteiger partial charge in [0, 0.05) is 18.9 Å². The highest BCUT2D eigenvalue weighted by atomic mass is 16.5. The van der Waals surface area contributed by atoms with Gasteiger partial charge in [-0.25, -0.2) is 4.79 Å². The van der Waals surface area contributed by atoms with Gasteiger partial charge in [-0.1, -0.05) is 19.9 Å². The quantitative estimate of drug-likeness (QED) is 0.763. The number of benzene rings is 1.